The quantitative estimate of drug-likeness (QED) is 0.892. The molecule has 0 spiro atoms. The van der Waals surface area contributed by atoms with Crippen molar-refractivity contribution in [3.05, 3.63) is 53.1 Å². The van der Waals surface area contributed by atoms with Gasteiger partial charge in [0.2, 0.25) is 5.91 Å². The number of nitrogens with zero attached hydrogens (tertiary/aromatic N) is 2. The Hall–Kier alpha value is -2.17. The molecule has 0 radical (unpaired) electrons. The summed E-state index contributed by atoms with van der Waals surface area (Å²) < 4.78 is 15.4. The smallest absolute Gasteiger partial charge is 0.224 e. The van der Waals surface area contributed by atoms with Gasteiger partial charge in [0.1, 0.15) is 5.82 Å². The number of hydrogen-bond donors (Lipinski definition) is 1. The molecule has 0 aliphatic rings. The minimum Gasteiger partial charge on any atom is -0.355 e. The lowest BCUT2D eigenvalue weighted by Gasteiger charge is -2.14. The Morgan fingerprint density at radius 2 is 2.09 bits per heavy atom. The molecule has 0 bridgehead atoms. The molecule has 5 heteroatoms. The monoisotopic (exact) mass is 303 g/mol. The minimum absolute atomic E-state index is 0.0687. The summed E-state index contributed by atoms with van der Waals surface area (Å²) in [5.74, 6) is -0.249. The molecule has 0 aliphatic carbocycles. The molecule has 1 aromatic carbocycles. The Morgan fingerprint density at radius 3 is 2.73 bits per heavy atom. The topological polar surface area (TPSA) is 46.9 Å². The molecule has 2 aromatic rings. The highest BCUT2D eigenvalue weighted by Gasteiger charge is 2.11. The Labute approximate surface area is 130 Å². The molecule has 2 rings (SSSR count). The van der Waals surface area contributed by atoms with Crippen molar-refractivity contribution in [1.29, 1.82) is 0 Å². The van der Waals surface area contributed by atoms with Crippen molar-refractivity contribution < 1.29 is 9.18 Å². The van der Waals surface area contributed by atoms with E-state index in [4.69, 9.17) is 0 Å². The SMILES string of the molecule is Cc1cc(C)n(CC(C)CNC(=O)Cc2ccccc2F)n1. The highest BCUT2D eigenvalue weighted by molar-refractivity contribution is 5.78. The normalized spacial score (nSPS) is 12.2. The molecule has 1 unspecified atom stereocenters. The van der Waals surface area contributed by atoms with Crippen LogP contribution in [-0.4, -0.2) is 22.2 Å². The van der Waals surface area contributed by atoms with Gasteiger partial charge < -0.3 is 5.32 Å². The Kier molecular flexibility index (Phi) is 5.31. The highest BCUT2D eigenvalue weighted by atomic mass is 19.1. The zero-order valence-electron chi connectivity index (χ0n) is 13.3. The van der Waals surface area contributed by atoms with Gasteiger partial charge in [0, 0.05) is 18.8 Å². The first-order valence-electron chi connectivity index (χ1n) is 7.47. The van der Waals surface area contributed by atoms with Crippen LogP contribution in [-0.2, 0) is 17.8 Å². The van der Waals surface area contributed by atoms with Crippen LogP contribution in [0, 0.1) is 25.6 Å². The number of carbonyl (C=O) groups excluding carboxylic acids is 1. The van der Waals surface area contributed by atoms with Crippen molar-refractivity contribution in [1.82, 2.24) is 15.1 Å². The highest BCUT2D eigenvalue weighted by Crippen LogP contribution is 2.08. The Bertz CT molecular complexity index is 651. The zero-order valence-corrected chi connectivity index (χ0v) is 13.3. The van der Waals surface area contributed by atoms with Crippen LogP contribution in [0.3, 0.4) is 0 Å². The second-order valence-electron chi connectivity index (χ2n) is 5.79. The fourth-order valence-electron chi connectivity index (χ4n) is 2.38. The summed E-state index contributed by atoms with van der Waals surface area (Å²) in [5.41, 5.74) is 2.53. The van der Waals surface area contributed by atoms with Crippen molar-refractivity contribution in [3.63, 3.8) is 0 Å². The van der Waals surface area contributed by atoms with E-state index in [0.29, 0.717) is 12.1 Å². The molecule has 1 atom stereocenters. The van der Waals surface area contributed by atoms with E-state index >= 15 is 0 Å². The third-order valence-corrected chi connectivity index (χ3v) is 3.54. The summed E-state index contributed by atoms with van der Waals surface area (Å²) in [7, 11) is 0. The fourth-order valence-corrected chi connectivity index (χ4v) is 2.38. The van der Waals surface area contributed by atoms with E-state index in [0.717, 1.165) is 17.9 Å². The third-order valence-electron chi connectivity index (χ3n) is 3.54. The largest absolute Gasteiger partial charge is 0.355 e. The van der Waals surface area contributed by atoms with E-state index in [1.165, 1.54) is 6.07 Å². The average molecular weight is 303 g/mol. The van der Waals surface area contributed by atoms with E-state index in [1.807, 2.05) is 24.6 Å². The molecule has 0 fully saturated rings. The molecular weight excluding hydrogens is 281 g/mol. The third kappa shape index (κ3) is 4.41. The average Bonchev–Trinajstić information content (AvgIpc) is 2.77. The van der Waals surface area contributed by atoms with Crippen LogP contribution in [0.1, 0.15) is 23.9 Å². The number of rotatable bonds is 6. The van der Waals surface area contributed by atoms with Crippen molar-refractivity contribution >= 4 is 5.91 Å². The first-order chi connectivity index (χ1) is 10.5. The molecule has 4 nitrogen and oxygen atoms in total. The number of amides is 1. The number of aromatic nitrogens is 2. The van der Waals surface area contributed by atoms with Crippen LogP contribution < -0.4 is 5.32 Å². The van der Waals surface area contributed by atoms with Crippen molar-refractivity contribution in [2.75, 3.05) is 6.54 Å². The fraction of sp³-hybridized carbons (Fsp3) is 0.412. The van der Waals surface area contributed by atoms with Crippen LogP contribution in [0.4, 0.5) is 4.39 Å². The van der Waals surface area contributed by atoms with Gasteiger partial charge in [-0.05, 0) is 37.5 Å². The van der Waals surface area contributed by atoms with Gasteiger partial charge in [0.05, 0.1) is 12.1 Å². The molecule has 22 heavy (non-hydrogen) atoms. The van der Waals surface area contributed by atoms with Gasteiger partial charge in [-0.2, -0.15) is 5.10 Å². The number of nitrogens with one attached hydrogen (secondary N) is 1. The molecule has 1 N–H and O–H groups in total. The predicted octanol–water partition coefficient (Wildman–Crippen LogP) is 2.63. The Morgan fingerprint density at radius 1 is 1.36 bits per heavy atom. The predicted molar refractivity (Wildman–Crippen MR) is 84.0 cm³/mol. The van der Waals surface area contributed by atoms with E-state index in [9.17, 15) is 9.18 Å². The molecular formula is C17H22FN3O. The number of hydrogen-bond acceptors (Lipinski definition) is 2. The second kappa shape index (κ2) is 7.20. The lowest BCUT2D eigenvalue weighted by molar-refractivity contribution is -0.120. The molecule has 0 saturated carbocycles. The van der Waals surface area contributed by atoms with E-state index < -0.39 is 0 Å². The van der Waals surface area contributed by atoms with Crippen LogP contribution in [0.15, 0.2) is 30.3 Å². The first kappa shape index (κ1) is 16.2. The van der Waals surface area contributed by atoms with Crippen LogP contribution >= 0.6 is 0 Å². The maximum atomic E-state index is 13.5. The van der Waals surface area contributed by atoms with Gasteiger partial charge in [-0.3, -0.25) is 9.48 Å². The van der Waals surface area contributed by atoms with E-state index in [1.54, 1.807) is 18.2 Å². The second-order valence-corrected chi connectivity index (χ2v) is 5.79. The summed E-state index contributed by atoms with van der Waals surface area (Å²) in [6.07, 6.45) is 0.0687. The van der Waals surface area contributed by atoms with Gasteiger partial charge in [0.15, 0.2) is 0 Å². The number of halogens is 1. The molecule has 0 saturated heterocycles. The molecule has 118 valence electrons. The van der Waals surface area contributed by atoms with E-state index in [2.05, 4.69) is 17.3 Å². The van der Waals surface area contributed by atoms with Gasteiger partial charge in [-0.25, -0.2) is 4.39 Å². The van der Waals surface area contributed by atoms with Gasteiger partial charge in [-0.15, -0.1) is 0 Å². The zero-order chi connectivity index (χ0) is 16.1. The molecule has 1 amide bonds. The summed E-state index contributed by atoms with van der Waals surface area (Å²) in [4.78, 5) is 11.9. The molecule has 1 aromatic heterocycles. The minimum atomic E-state index is -0.340. The van der Waals surface area contributed by atoms with E-state index in [-0.39, 0.29) is 24.1 Å². The molecule has 1 heterocycles. The first-order valence-corrected chi connectivity index (χ1v) is 7.47. The van der Waals surface area contributed by atoms with Gasteiger partial charge in [-0.1, -0.05) is 25.1 Å². The summed E-state index contributed by atoms with van der Waals surface area (Å²) in [6.45, 7) is 7.33. The summed E-state index contributed by atoms with van der Waals surface area (Å²) in [5, 5.41) is 7.27. The maximum absolute atomic E-state index is 13.5. The Balaban J connectivity index is 1.81. The number of benzene rings is 1. The van der Waals surface area contributed by atoms with Crippen molar-refractivity contribution in [3.8, 4) is 0 Å². The van der Waals surface area contributed by atoms with Crippen LogP contribution in [0.25, 0.3) is 0 Å². The maximum Gasteiger partial charge on any atom is 0.224 e. The number of carbonyl (C=O) groups is 1. The van der Waals surface area contributed by atoms with Crippen molar-refractivity contribution in [2.45, 2.75) is 33.7 Å². The van der Waals surface area contributed by atoms with Gasteiger partial charge in [0.25, 0.3) is 0 Å². The van der Waals surface area contributed by atoms with Crippen LogP contribution in [0.5, 0.6) is 0 Å². The molecule has 0 aliphatic heterocycles. The summed E-state index contributed by atoms with van der Waals surface area (Å²) >= 11 is 0. The number of aryl methyl sites for hydroxylation is 2. The lowest BCUT2D eigenvalue weighted by Crippen LogP contribution is -2.31. The lowest BCUT2D eigenvalue weighted by atomic mass is 10.1. The standard InChI is InChI=1S/C17H22FN3O/c1-12(11-21-14(3)8-13(2)20-21)10-19-17(22)9-15-6-4-5-7-16(15)18/h4-8,12H,9-11H2,1-3H3,(H,19,22). The summed E-state index contributed by atoms with van der Waals surface area (Å²) in [6, 6.07) is 8.39. The van der Waals surface area contributed by atoms with Crippen LogP contribution in [0.2, 0.25) is 0 Å². The van der Waals surface area contributed by atoms with Crippen molar-refractivity contribution in [2.24, 2.45) is 5.92 Å². The van der Waals surface area contributed by atoms with Gasteiger partial charge >= 0.3 is 0 Å².